The van der Waals surface area contributed by atoms with Gasteiger partial charge in [0.2, 0.25) is 0 Å². The van der Waals surface area contributed by atoms with E-state index in [9.17, 15) is 4.79 Å². The summed E-state index contributed by atoms with van der Waals surface area (Å²) in [7, 11) is 0. The Morgan fingerprint density at radius 2 is 1.86 bits per heavy atom. The maximum absolute atomic E-state index is 12.5. The van der Waals surface area contributed by atoms with Crippen LogP contribution in [0.5, 0.6) is 0 Å². The Morgan fingerprint density at radius 1 is 1.09 bits per heavy atom. The molecule has 1 amide bonds. The Balaban J connectivity index is 1.65. The average Bonchev–Trinajstić information content (AvgIpc) is 2.61. The van der Waals surface area contributed by atoms with E-state index in [1.54, 1.807) is 12.4 Å². The average molecular weight is 295 g/mol. The first-order valence-electron chi connectivity index (χ1n) is 7.85. The number of likely N-dealkylation sites (tertiary alicyclic amines) is 1. The van der Waals surface area contributed by atoms with E-state index in [2.05, 4.69) is 22.4 Å². The Morgan fingerprint density at radius 3 is 2.64 bits per heavy atom. The van der Waals surface area contributed by atoms with Crippen LogP contribution in [-0.4, -0.2) is 28.9 Å². The van der Waals surface area contributed by atoms with Gasteiger partial charge < -0.3 is 10.2 Å². The number of carbonyl (C=O) groups excluding carboxylic acids is 1. The number of amides is 1. The van der Waals surface area contributed by atoms with Crippen molar-refractivity contribution in [2.75, 3.05) is 18.4 Å². The number of aromatic nitrogens is 1. The molecule has 4 heteroatoms. The molecule has 0 unspecified atom stereocenters. The van der Waals surface area contributed by atoms with Gasteiger partial charge in [-0.3, -0.25) is 9.78 Å². The van der Waals surface area contributed by atoms with Crippen LogP contribution >= 0.6 is 0 Å². The van der Waals surface area contributed by atoms with Crippen molar-refractivity contribution in [1.29, 1.82) is 0 Å². The molecular weight excluding hydrogens is 274 g/mol. The van der Waals surface area contributed by atoms with Crippen LogP contribution < -0.4 is 5.32 Å². The number of carbonyl (C=O) groups is 1. The van der Waals surface area contributed by atoms with Crippen LogP contribution in [0.3, 0.4) is 0 Å². The molecule has 0 radical (unpaired) electrons. The number of hydrogen-bond donors (Lipinski definition) is 1. The van der Waals surface area contributed by atoms with Gasteiger partial charge in [-0.2, -0.15) is 0 Å². The van der Waals surface area contributed by atoms with E-state index >= 15 is 0 Å². The normalized spacial score (nSPS) is 14.6. The van der Waals surface area contributed by atoms with Gasteiger partial charge in [-0.15, -0.1) is 0 Å². The van der Waals surface area contributed by atoms with Crippen LogP contribution in [0, 0.1) is 0 Å². The first-order valence-corrected chi connectivity index (χ1v) is 7.85. The first-order chi connectivity index (χ1) is 10.8. The molecule has 1 aromatic heterocycles. The fraction of sp³-hybridized carbons (Fsp3) is 0.333. The monoisotopic (exact) mass is 295 g/mol. The lowest BCUT2D eigenvalue weighted by atomic mass is 10.1. The minimum Gasteiger partial charge on any atom is -0.380 e. The predicted octanol–water partition coefficient (Wildman–Crippen LogP) is 3.32. The van der Waals surface area contributed by atoms with Gasteiger partial charge in [-0.1, -0.05) is 30.3 Å². The summed E-state index contributed by atoms with van der Waals surface area (Å²) in [5, 5.41) is 3.33. The second-order valence-corrected chi connectivity index (χ2v) is 5.65. The van der Waals surface area contributed by atoms with Crippen molar-refractivity contribution >= 4 is 11.6 Å². The summed E-state index contributed by atoms with van der Waals surface area (Å²) in [5.74, 6) is 0.0931. The molecule has 0 aliphatic carbocycles. The molecular formula is C18H21N3O. The fourth-order valence-electron chi connectivity index (χ4n) is 2.73. The standard InChI is InChI=1S/C18H21N3O/c22-18(21-9-5-2-6-10-21)16-11-17(14-19-13-16)20-12-15-7-3-1-4-8-15/h1,3-4,7-8,11,13-14,20H,2,5-6,9-10,12H2. The highest BCUT2D eigenvalue weighted by Crippen LogP contribution is 2.15. The molecule has 4 nitrogen and oxygen atoms in total. The summed E-state index contributed by atoms with van der Waals surface area (Å²) in [4.78, 5) is 18.6. The molecule has 3 rings (SSSR count). The minimum atomic E-state index is 0.0931. The van der Waals surface area contributed by atoms with E-state index in [1.807, 2.05) is 29.2 Å². The molecule has 1 N–H and O–H groups in total. The van der Waals surface area contributed by atoms with Crippen LogP contribution in [0.4, 0.5) is 5.69 Å². The van der Waals surface area contributed by atoms with E-state index in [1.165, 1.54) is 12.0 Å². The van der Waals surface area contributed by atoms with Crippen LogP contribution in [0.2, 0.25) is 0 Å². The zero-order valence-electron chi connectivity index (χ0n) is 12.7. The molecule has 0 saturated carbocycles. The van der Waals surface area contributed by atoms with Gasteiger partial charge in [0.15, 0.2) is 0 Å². The first kappa shape index (κ1) is 14.6. The number of benzene rings is 1. The highest BCUT2D eigenvalue weighted by Gasteiger charge is 2.18. The maximum atomic E-state index is 12.5. The molecule has 1 fully saturated rings. The SMILES string of the molecule is O=C(c1cncc(NCc2ccccc2)c1)N1CCCCC1. The lowest BCUT2D eigenvalue weighted by Crippen LogP contribution is -2.35. The van der Waals surface area contributed by atoms with Gasteiger partial charge in [0, 0.05) is 32.0 Å². The van der Waals surface area contributed by atoms with Crippen molar-refractivity contribution in [3.63, 3.8) is 0 Å². The van der Waals surface area contributed by atoms with E-state index < -0.39 is 0 Å². The summed E-state index contributed by atoms with van der Waals surface area (Å²) in [6.45, 7) is 2.45. The molecule has 2 aromatic rings. The van der Waals surface area contributed by atoms with Crippen molar-refractivity contribution in [2.24, 2.45) is 0 Å². The summed E-state index contributed by atoms with van der Waals surface area (Å²) in [6.07, 6.45) is 6.84. The smallest absolute Gasteiger partial charge is 0.255 e. The van der Waals surface area contributed by atoms with Crippen molar-refractivity contribution in [3.8, 4) is 0 Å². The lowest BCUT2D eigenvalue weighted by Gasteiger charge is -2.26. The van der Waals surface area contributed by atoms with Gasteiger partial charge in [-0.25, -0.2) is 0 Å². The van der Waals surface area contributed by atoms with Gasteiger partial charge in [-0.05, 0) is 30.9 Å². The van der Waals surface area contributed by atoms with Gasteiger partial charge in [0.05, 0.1) is 11.3 Å². The highest BCUT2D eigenvalue weighted by molar-refractivity contribution is 5.94. The lowest BCUT2D eigenvalue weighted by molar-refractivity contribution is 0.0724. The van der Waals surface area contributed by atoms with Crippen molar-refractivity contribution in [1.82, 2.24) is 9.88 Å². The molecule has 22 heavy (non-hydrogen) atoms. The number of rotatable bonds is 4. The third kappa shape index (κ3) is 3.64. The third-order valence-electron chi connectivity index (χ3n) is 3.97. The van der Waals surface area contributed by atoms with Crippen molar-refractivity contribution < 1.29 is 4.79 Å². The minimum absolute atomic E-state index is 0.0931. The predicted molar refractivity (Wildman–Crippen MR) is 87.8 cm³/mol. The van der Waals surface area contributed by atoms with Crippen molar-refractivity contribution in [2.45, 2.75) is 25.8 Å². The van der Waals surface area contributed by atoms with E-state index in [-0.39, 0.29) is 5.91 Å². The second-order valence-electron chi connectivity index (χ2n) is 5.65. The van der Waals surface area contributed by atoms with Crippen LogP contribution in [-0.2, 0) is 6.54 Å². The molecule has 1 aliphatic rings. The Hall–Kier alpha value is -2.36. The van der Waals surface area contributed by atoms with E-state index in [4.69, 9.17) is 0 Å². The Kier molecular flexibility index (Phi) is 4.68. The molecule has 1 aliphatic heterocycles. The third-order valence-corrected chi connectivity index (χ3v) is 3.97. The summed E-state index contributed by atoms with van der Waals surface area (Å²) < 4.78 is 0. The van der Waals surface area contributed by atoms with Crippen LogP contribution in [0.25, 0.3) is 0 Å². The number of nitrogens with zero attached hydrogens (tertiary/aromatic N) is 2. The second kappa shape index (κ2) is 7.07. The van der Waals surface area contributed by atoms with Gasteiger partial charge in [0.25, 0.3) is 5.91 Å². The topological polar surface area (TPSA) is 45.2 Å². The zero-order valence-corrected chi connectivity index (χ0v) is 12.7. The highest BCUT2D eigenvalue weighted by atomic mass is 16.2. The molecule has 0 bridgehead atoms. The van der Waals surface area contributed by atoms with Gasteiger partial charge >= 0.3 is 0 Å². The van der Waals surface area contributed by atoms with Crippen LogP contribution in [0.1, 0.15) is 35.2 Å². The summed E-state index contributed by atoms with van der Waals surface area (Å²) in [5.41, 5.74) is 2.75. The largest absolute Gasteiger partial charge is 0.380 e. The molecule has 2 heterocycles. The number of anilines is 1. The van der Waals surface area contributed by atoms with E-state index in [0.717, 1.165) is 38.2 Å². The zero-order chi connectivity index (χ0) is 15.2. The fourth-order valence-corrected chi connectivity index (χ4v) is 2.73. The Labute approximate surface area is 131 Å². The molecule has 114 valence electrons. The maximum Gasteiger partial charge on any atom is 0.255 e. The van der Waals surface area contributed by atoms with Crippen LogP contribution in [0.15, 0.2) is 48.8 Å². The number of piperidine rings is 1. The number of nitrogens with one attached hydrogen (secondary N) is 1. The molecule has 1 saturated heterocycles. The van der Waals surface area contributed by atoms with E-state index in [0.29, 0.717) is 5.56 Å². The van der Waals surface area contributed by atoms with Crippen molar-refractivity contribution in [3.05, 3.63) is 59.9 Å². The Bertz CT molecular complexity index is 621. The number of pyridine rings is 1. The molecule has 1 aromatic carbocycles. The van der Waals surface area contributed by atoms with Gasteiger partial charge in [0.1, 0.15) is 0 Å². The summed E-state index contributed by atoms with van der Waals surface area (Å²) >= 11 is 0. The quantitative estimate of drug-likeness (QED) is 0.941. The number of hydrogen-bond acceptors (Lipinski definition) is 3. The summed E-state index contributed by atoms with van der Waals surface area (Å²) in [6, 6.07) is 12.1. The molecule has 0 spiro atoms. The molecule has 0 atom stereocenters.